The summed E-state index contributed by atoms with van der Waals surface area (Å²) in [5.41, 5.74) is 0.765. The molecule has 6 unspecified atom stereocenters. The zero-order valence-electron chi connectivity index (χ0n) is 36.7. The minimum absolute atomic E-state index is 0.0192. The normalized spacial score (nSPS) is 36.7. The maximum Gasteiger partial charge on any atom is 0.306 e. The summed E-state index contributed by atoms with van der Waals surface area (Å²) in [6.45, 7) is 13.0. The van der Waals surface area contributed by atoms with Crippen molar-refractivity contribution >= 4 is 30.4 Å². The summed E-state index contributed by atoms with van der Waals surface area (Å²) in [6, 6.07) is 21.4. The van der Waals surface area contributed by atoms with Gasteiger partial charge < -0.3 is 32.8 Å². The van der Waals surface area contributed by atoms with Gasteiger partial charge in [0.05, 0.1) is 24.7 Å². The van der Waals surface area contributed by atoms with Crippen molar-refractivity contribution in [3.05, 3.63) is 84.5 Å². The molecular weight excluding hydrogens is 761 g/mol. The predicted octanol–water partition coefficient (Wildman–Crippen LogP) is 7.59. The molecule has 0 bridgehead atoms. The van der Waals surface area contributed by atoms with Gasteiger partial charge >= 0.3 is 5.97 Å². The fourth-order valence-corrected chi connectivity index (χ4v) is 16.2. The second-order valence-corrected chi connectivity index (χ2v) is 23.0. The standard InChI is InChI=1S/C49H68O9Si/c1-10-33-18-17-23-42(58-59(49(4,5)6,35-19-13-11-14-20-35)36-21-15-12-16-22-36)30(2)44(51)41-28-39-37(40(41)29-43(50)56-33)25-24-32-26-34(27-38(32)39)57-48-47(54-9)46(53-8)45(52-7)31(3)55-48/h11-16,19-22,24-25,28,30-34,37-40,42,45-48H,10,17-18,23,26-27,29H2,1-9H3/t30-,31?,32-,33+,34-,37-,38-,39-,40?,42+,45?,46?,47?,48?/m1/s1. The number of ketones is 1. The van der Waals surface area contributed by atoms with Crippen LogP contribution in [0.4, 0.5) is 0 Å². The van der Waals surface area contributed by atoms with E-state index >= 15 is 4.79 Å². The third-order valence-corrected chi connectivity index (χ3v) is 19.5. The van der Waals surface area contributed by atoms with E-state index in [1.807, 2.05) is 6.92 Å². The summed E-state index contributed by atoms with van der Waals surface area (Å²) < 4.78 is 44.6. The first-order valence-electron chi connectivity index (χ1n) is 22.2. The Balaban J connectivity index is 1.20. The first-order chi connectivity index (χ1) is 28.3. The third kappa shape index (κ3) is 8.62. The number of carbonyl (C=O) groups is 2. The molecule has 14 atom stereocenters. The van der Waals surface area contributed by atoms with Crippen LogP contribution < -0.4 is 10.4 Å². The lowest BCUT2D eigenvalue weighted by atomic mass is 9.70. The number of cyclic esters (lactones) is 1. The van der Waals surface area contributed by atoms with E-state index in [-0.39, 0.29) is 89.4 Å². The van der Waals surface area contributed by atoms with Gasteiger partial charge in [0.25, 0.3) is 8.32 Å². The van der Waals surface area contributed by atoms with Crippen LogP contribution in [-0.2, 0) is 42.4 Å². The average Bonchev–Trinajstić information content (AvgIpc) is 3.81. The van der Waals surface area contributed by atoms with Crippen molar-refractivity contribution in [3.8, 4) is 0 Å². The molecule has 2 aromatic rings. The molecule has 322 valence electrons. The molecule has 3 fully saturated rings. The molecule has 0 aromatic heterocycles. The Bertz CT molecular complexity index is 1750. The number of hydrogen-bond acceptors (Lipinski definition) is 9. The number of ether oxygens (including phenoxy) is 6. The van der Waals surface area contributed by atoms with Crippen molar-refractivity contribution in [2.45, 2.75) is 141 Å². The molecule has 0 N–H and O–H groups in total. The molecule has 0 radical (unpaired) electrons. The molecule has 0 spiro atoms. The maximum absolute atomic E-state index is 15.3. The number of rotatable bonds is 10. The highest BCUT2D eigenvalue weighted by molar-refractivity contribution is 6.99. The quantitative estimate of drug-likeness (QED) is 0.136. The van der Waals surface area contributed by atoms with Crippen molar-refractivity contribution in [3.63, 3.8) is 0 Å². The summed E-state index contributed by atoms with van der Waals surface area (Å²) in [4.78, 5) is 29.0. The van der Waals surface area contributed by atoms with Gasteiger partial charge in [-0.25, -0.2) is 0 Å². The van der Waals surface area contributed by atoms with Crippen LogP contribution in [0.25, 0.3) is 0 Å². The SMILES string of the molecule is CC[C@H]1CCC[C@H](O[Si](c2ccccc2)(c2ccccc2)C(C)(C)C)[C@@H](C)C(=O)C2=C[C@H]3[C@@H]4C[C@H](OC5OC(C)C(OC)C(OC)C5OC)C[C@H]4C=C[C@H]3C2CC(=O)O1. The molecule has 7 rings (SSSR count). The van der Waals surface area contributed by atoms with E-state index < -0.39 is 26.6 Å². The smallest absolute Gasteiger partial charge is 0.306 e. The molecule has 2 aromatic carbocycles. The molecule has 59 heavy (non-hydrogen) atoms. The number of allylic oxidation sites excluding steroid dienone is 4. The molecule has 3 aliphatic carbocycles. The monoisotopic (exact) mass is 828 g/mol. The number of benzene rings is 2. The van der Waals surface area contributed by atoms with E-state index in [0.717, 1.165) is 37.7 Å². The van der Waals surface area contributed by atoms with E-state index in [4.69, 9.17) is 32.8 Å². The van der Waals surface area contributed by atoms with Gasteiger partial charge in [0, 0.05) is 33.2 Å². The van der Waals surface area contributed by atoms with Crippen molar-refractivity contribution in [1.29, 1.82) is 0 Å². The lowest BCUT2D eigenvalue weighted by molar-refractivity contribution is -0.314. The van der Waals surface area contributed by atoms with E-state index in [0.29, 0.717) is 6.42 Å². The predicted molar refractivity (Wildman–Crippen MR) is 231 cm³/mol. The molecular formula is C49H68O9Si. The van der Waals surface area contributed by atoms with E-state index in [1.165, 1.54) is 10.4 Å². The zero-order valence-corrected chi connectivity index (χ0v) is 37.7. The van der Waals surface area contributed by atoms with Crippen LogP contribution in [0, 0.1) is 35.5 Å². The van der Waals surface area contributed by atoms with Gasteiger partial charge in [0.2, 0.25) is 0 Å². The second-order valence-electron chi connectivity index (χ2n) is 18.8. The lowest BCUT2D eigenvalue weighted by Gasteiger charge is -2.46. The Morgan fingerprint density at radius 2 is 1.44 bits per heavy atom. The first kappa shape index (κ1) is 44.1. The fraction of sp³-hybridized carbons (Fsp3) is 0.633. The van der Waals surface area contributed by atoms with Crippen LogP contribution in [-0.4, -0.2) is 90.4 Å². The Hall–Kier alpha value is -2.96. The summed E-state index contributed by atoms with van der Waals surface area (Å²) in [5, 5.41) is 2.16. The number of Topliss-reactive ketones (excluding diaryl/α,β-unsaturated/α-hetero) is 1. The lowest BCUT2D eigenvalue weighted by Crippen LogP contribution is -2.68. The van der Waals surface area contributed by atoms with Crippen LogP contribution in [0.1, 0.15) is 86.5 Å². The minimum atomic E-state index is -2.98. The first-order valence-corrected chi connectivity index (χ1v) is 24.1. The van der Waals surface area contributed by atoms with Gasteiger partial charge in [-0.1, -0.05) is 114 Å². The van der Waals surface area contributed by atoms with Crippen molar-refractivity contribution in [2.24, 2.45) is 35.5 Å². The highest BCUT2D eigenvalue weighted by atomic mass is 28.4. The van der Waals surface area contributed by atoms with Gasteiger partial charge in [0.15, 0.2) is 12.1 Å². The molecule has 5 aliphatic rings. The maximum atomic E-state index is 15.3. The van der Waals surface area contributed by atoms with Crippen molar-refractivity contribution in [1.82, 2.24) is 0 Å². The van der Waals surface area contributed by atoms with Crippen LogP contribution >= 0.6 is 0 Å². The largest absolute Gasteiger partial charge is 0.462 e. The molecule has 2 heterocycles. The van der Waals surface area contributed by atoms with Gasteiger partial charge in [-0.15, -0.1) is 0 Å². The molecule has 1 saturated carbocycles. The summed E-state index contributed by atoms with van der Waals surface area (Å²) in [6.07, 6.45) is 9.16. The fourth-order valence-electron chi connectivity index (χ4n) is 11.4. The van der Waals surface area contributed by atoms with Crippen LogP contribution in [0.5, 0.6) is 0 Å². The molecule has 2 saturated heterocycles. The van der Waals surface area contributed by atoms with Gasteiger partial charge in [0.1, 0.15) is 24.4 Å². The number of carbonyl (C=O) groups excluding carboxylic acids is 2. The molecule has 9 nitrogen and oxygen atoms in total. The number of esters is 1. The van der Waals surface area contributed by atoms with Crippen molar-refractivity contribution in [2.75, 3.05) is 21.3 Å². The van der Waals surface area contributed by atoms with Gasteiger partial charge in [-0.05, 0) is 90.1 Å². The van der Waals surface area contributed by atoms with E-state index in [2.05, 4.69) is 114 Å². The minimum Gasteiger partial charge on any atom is -0.462 e. The number of hydrogen-bond donors (Lipinski definition) is 0. The second kappa shape index (κ2) is 18.6. The Morgan fingerprint density at radius 1 is 0.797 bits per heavy atom. The summed E-state index contributed by atoms with van der Waals surface area (Å²) in [5.74, 6) is -0.153. The third-order valence-electron chi connectivity index (χ3n) is 14.4. The average molecular weight is 829 g/mol. The van der Waals surface area contributed by atoms with Gasteiger partial charge in [-0.2, -0.15) is 0 Å². The Morgan fingerprint density at radius 3 is 2.03 bits per heavy atom. The van der Waals surface area contributed by atoms with Crippen molar-refractivity contribution < 1.29 is 42.4 Å². The Kier molecular flexibility index (Phi) is 13.9. The van der Waals surface area contributed by atoms with Crippen LogP contribution in [0.15, 0.2) is 84.5 Å². The summed E-state index contributed by atoms with van der Waals surface area (Å²) in [7, 11) is 2.00. The topological polar surface area (TPSA) is 98.8 Å². The Labute approximate surface area is 353 Å². The molecule has 2 aliphatic heterocycles. The van der Waals surface area contributed by atoms with E-state index in [1.54, 1.807) is 21.3 Å². The highest BCUT2D eigenvalue weighted by Crippen LogP contribution is 2.54. The molecule has 10 heteroatoms. The molecule has 0 amide bonds. The van der Waals surface area contributed by atoms with Crippen LogP contribution in [0.3, 0.4) is 0 Å². The van der Waals surface area contributed by atoms with Crippen LogP contribution in [0.2, 0.25) is 5.04 Å². The number of methoxy groups -OCH3 is 3. The zero-order chi connectivity index (χ0) is 42.1. The number of fused-ring (bicyclic) bond motifs is 5. The van der Waals surface area contributed by atoms with Gasteiger partial charge in [-0.3, -0.25) is 9.59 Å². The summed E-state index contributed by atoms with van der Waals surface area (Å²) >= 11 is 0. The highest BCUT2D eigenvalue weighted by Gasteiger charge is 2.55. The van der Waals surface area contributed by atoms with E-state index in [9.17, 15) is 4.79 Å².